The summed E-state index contributed by atoms with van der Waals surface area (Å²) in [4.78, 5) is 25.1. The zero-order valence-electron chi connectivity index (χ0n) is 23.2. The first-order valence-electron chi connectivity index (χ1n) is 13.3. The number of ether oxygens (including phenoxy) is 3. The fourth-order valence-electron chi connectivity index (χ4n) is 4.54. The molecule has 10 N–H and O–H groups in total. The summed E-state index contributed by atoms with van der Waals surface area (Å²) in [7, 11) is 0. The first kappa shape index (κ1) is 31.7. The molecule has 0 aliphatic carbocycles. The van der Waals surface area contributed by atoms with Gasteiger partial charge in [-0.2, -0.15) is 0 Å². The van der Waals surface area contributed by atoms with Crippen LogP contribution in [-0.2, 0) is 14.3 Å². The zero-order chi connectivity index (χ0) is 33.4. The molecule has 1 aliphatic rings. The van der Waals surface area contributed by atoms with Gasteiger partial charge in [-0.15, -0.1) is 0 Å². The molecular formula is C30H26O16. The molecule has 5 atom stereocenters. The number of hydrogen-bond acceptors (Lipinski definition) is 16. The van der Waals surface area contributed by atoms with E-state index in [4.69, 9.17) is 18.6 Å². The molecule has 0 saturated carbocycles. The molecule has 2 heterocycles. The first-order chi connectivity index (χ1) is 21.8. The van der Waals surface area contributed by atoms with Gasteiger partial charge in [0.25, 0.3) is 0 Å². The van der Waals surface area contributed by atoms with Crippen LogP contribution < -0.4 is 10.2 Å². The number of phenolic OH excluding ortho intramolecular Hbond substituents is 6. The summed E-state index contributed by atoms with van der Waals surface area (Å²) in [6.45, 7) is -0.666. The van der Waals surface area contributed by atoms with Gasteiger partial charge in [-0.05, 0) is 42.0 Å². The maximum atomic E-state index is 12.9. The van der Waals surface area contributed by atoms with Gasteiger partial charge in [0, 0.05) is 17.7 Å². The second-order valence-corrected chi connectivity index (χ2v) is 10.1. The van der Waals surface area contributed by atoms with Crippen LogP contribution >= 0.6 is 0 Å². The van der Waals surface area contributed by atoms with E-state index in [0.29, 0.717) is 5.56 Å². The van der Waals surface area contributed by atoms with Crippen molar-refractivity contribution < 1.29 is 74.5 Å². The van der Waals surface area contributed by atoms with Gasteiger partial charge in [-0.1, -0.05) is 6.07 Å². The van der Waals surface area contributed by atoms with Gasteiger partial charge in [0.05, 0.1) is 0 Å². The predicted octanol–water partition coefficient (Wildman–Crippen LogP) is 0.842. The fraction of sp³-hybridized carbons (Fsp3) is 0.200. The number of carbonyl (C=O) groups excluding carboxylic acids is 1. The van der Waals surface area contributed by atoms with Gasteiger partial charge < -0.3 is 69.7 Å². The number of hydrogen-bond donors (Lipinski definition) is 10. The second-order valence-electron chi connectivity index (χ2n) is 10.1. The van der Waals surface area contributed by atoms with Crippen molar-refractivity contribution in [2.24, 2.45) is 0 Å². The topological polar surface area (TPSA) is 277 Å². The Morgan fingerprint density at radius 2 is 1.46 bits per heavy atom. The quantitative estimate of drug-likeness (QED) is 0.0759. The zero-order valence-corrected chi connectivity index (χ0v) is 23.2. The van der Waals surface area contributed by atoms with Crippen LogP contribution in [0.4, 0.5) is 0 Å². The molecule has 0 spiro atoms. The predicted molar refractivity (Wildman–Crippen MR) is 153 cm³/mol. The molecule has 242 valence electrons. The van der Waals surface area contributed by atoms with E-state index in [2.05, 4.69) is 0 Å². The summed E-state index contributed by atoms with van der Waals surface area (Å²) in [6, 6.07) is 7.92. The third-order valence-electron chi connectivity index (χ3n) is 7.02. The van der Waals surface area contributed by atoms with Crippen molar-refractivity contribution in [1.82, 2.24) is 0 Å². The fourth-order valence-corrected chi connectivity index (χ4v) is 4.54. The Labute approximate surface area is 256 Å². The Balaban J connectivity index is 1.38. The number of fused-ring (bicyclic) bond motifs is 1. The maximum Gasteiger partial charge on any atom is 0.330 e. The smallest absolute Gasteiger partial charge is 0.330 e. The Morgan fingerprint density at radius 3 is 2.13 bits per heavy atom. The van der Waals surface area contributed by atoms with Gasteiger partial charge in [-0.3, -0.25) is 4.79 Å². The molecule has 1 saturated heterocycles. The molecule has 1 aliphatic heterocycles. The van der Waals surface area contributed by atoms with Crippen molar-refractivity contribution in [3.05, 3.63) is 64.3 Å². The number of aliphatic hydroxyl groups is 3. The van der Waals surface area contributed by atoms with Crippen LogP contribution in [0.5, 0.6) is 46.0 Å². The number of rotatable bonds is 7. The van der Waals surface area contributed by atoms with Gasteiger partial charge >= 0.3 is 5.97 Å². The van der Waals surface area contributed by atoms with Crippen LogP contribution in [0, 0.1) is 0 Å². The summed E-state index contributed by atoms with van der Waals surface area (Å²) in [6.07, 6.45) is -6.79. The normalized spacial score (nSPS) is 21.4. The average molecular weight is 643 g/mol. The summed E-state index contributed by atoms with van der Waals surface area (Å²) >= 11 is 0. The monoisotopic (exact) mass is 642 g/mol. The highest BCUT2D eigenvalue weighted by atomic mass is 16.7. The van der Waals surface area contributed by atoms with Gasteiger partial charge in [0.15, 0.2) is 40.3 Å². The Kier molecular flexibility index (Phi) is 8.53. The van der Waals surface area contributed by atoms with Crippen LogP contribution in [0.2, 0.25) is 0 Å². The minimum atomic E-state index is -1.95. The van der Waals surface area contributed by atoms with E-state index in [1.165, 1.54) is 30.3 Å². The molecular weight excluding hydrogens is 616 g/mol. The van der Waals surface area contributed by atoms with Crippen molar-refractivity contribution in [3.63, 3.8) is 0 Å². The van der Waals surface area contributed by atoms with E-state index in [1.807, 2.05) is 0 Å². The van der Waals surface area contributed by atoms with Gasteiger partial charge in [0.1, 0.15) is 42.0 Å². The number of phenols is 6. The first-order valence-corrected chi connectivity index (χ1v) is 13.3. The van der Waals surface area contributed by atoms with Crippen molar-refractivity contribution in [3.8, 4) is 57.3 Å². The molecule has 0 radical (unpaired) electrons. The average Bonchev–Trinajstić information content (AvgIpc) is 3.02. The minimum absolute atomic E-state index is 0.0570. The summed E-state index contributed by atoms with van der Waals surface area (Å²) in [5.74, 6) is -7.11. The van der Waals surface area contributed by atoms with Crippen molar-refractivity contribution >= 4 is 23.0 Å². The highest BCUT2D eigenvalue weighted by Crippen LogP contribution is 2.44. The standard InChI is InChI=1S/C30H26O16/c31-13-4-1-11(7-15(13)33)2-6-20(35)43-10-19-23(37)26(40)28(42)30(46-19)45-18-9-17-21(24(38)22(18)36)25(39)27(41)29(44-17)12-3-5-14(32)16(34)8-12/h1-9,19,23,26,28,30-34,36-38,40-42H,10H2/t19-,23-,26+,28-,30-/m1/s1. The van der Waals surface area contributed by atoms with Crippen molar-refractivity contribution in [2.75, 3.05) is 6.61 Å². The number of carbonyl (C=O) groups is 1. The van der Waals surface area contributed by atoms with Crippen LogP contribution in [0.1, 0.15) is 5.56 Å². The molecule has 0 amide bonds. The van der Waals surface area contributed by atoms with E-state index in [0.717, 1.165) is 24.3 Å². The van der Waals surface area contributed by atoms with Crippen LogP contribution in [0.3, 0.4) is 0 Å². The SMILES string of the molecule is O=C(C=Cc1ccc(O)c(O)c1)OC[C@H]1O[C@@H](Oc2cc3oc(-c4ccc(O)c(O)c4)c(O)c(=O)c3c(O)c2O)[C@H](O)[C@@H](O)[C@@H]1O. The molecule has 1 fully saturated rings. The van der Waals surface area contributed by atoms with Gasteiger partial charge in [-0.25, -0.2) is 4.79 Å². The Bertz CT molecular complexity index is 1900. The highest BCUT2D eigenvalue weighted by molar-refractivity contribution is 5.91. The molecule has 5 rings (SSSR count). The van der Waals surface area contributed by atoms with Crippen LogP contribution in [0.25, 0.3) is 28.4 Å². The third-order valence-corrected chi connectivity index (χ3v) is 7.02. The lowest BCUT2D eigenvalue weighted by Gasteiger charge is -2.39. The summed E-state index contributed by atoms with van der Waals surface area (Å²) < 4.78 is 21.5. The largest absolute Gasteiger partial charge is 0.504 e. The lowest BCUT2D eigenvalue weighted by atomic mass is 9.99. The third kappa shape index (κ3) is 6.00. The minimum Gasteiger partial charge on any atom is -0.504 e. The molecule has 16 heteroatoms. The molecule has 1 aromatic heterocycles. The number of benzene rings is 3. The van der Waals surface area contributed by atoms with Crippen LogP contribution in [-0.4, -0.2) is 94.3 Å². The van der Waals surface area contributed by atoms with Gasteiger partial charge in [0.2, 0.25) is 23.2 Å². The molecule has 46 heavy (non-hydrogen) atoms. The molecule has 0 bridgehead atoms. The Morgan fingerprint density at radius 1 is 0.783 bits per heavy atom. The molecule has 16 nitrogen and oxygen atoms in total. The molecule has 4 aromatic rings. The Hall–Kier alpha value is -5.68. The van der Waals surface area contributed by atoms with Crippen LogP contribution in [0.15, 0.2) is 57.8 Å². The highest BCUT2D eigenvalue weighted by Gasteiger charge is 2.46. The molecule has 3 aromatic carbocycles. The van der Waals surface area contributed by atoms with E-state index >= 15 is 0 Å². The molecule has 0 unspecified atom stereocenters. The van der Waals surface area contributed by atoms with Crippen molar-refractivity contribution in [1.29, 1.82) is 0 Å². The van der Waals surface area contributed by atoms with E-state index in [-0.39, 0.29) is 11.3 Å². The number of aliphatic hydroxyl groups excluding tert-OH is 3. The number of aromatic hydroxyl groups is 7. The van der Waals surface area contributed by atoms with Crippen molar-refractivity contribution in [2.45, 2.75) is 30.7 Å². The number of esters is 1. The van der Waals surface area contributed by atoms with E-state index < -0.39 is 106 Å². The maximum absolute atomic E-state index is 12.9. The lowest BCUT2D eigenvalue weighted by molar-refractivity contribution is -0.278. The van der Waals surface area contributed by atoms with E-state index in [1.54, 1.807) is 0 Å². The summed E-state index contributed by atoms with van der Waals surface area (Å²) in [5, 5.41) is 101. The second kappa shape index (κ2) is 12.4. The van der Waals surface area contributed by atoms with E-state index in [9.17, 15) is 60.7 Å². The lowest BCUT2D eigenvalue weighted by Crippen LogP contribution is -2.60. The summed E-state index contributed by atoms with van der Waals surface area (Å²) in [5.41, 5.74) is -1.36.